The van der Waals surface area contributed by atoms with E-state index in [2.05, 4.69) is 10.3 Å². The highest BCUT2D eigenvalue weighted by Gasteiger charge is 2.16. The summed E-state index contributed by atoms with van der Waals surface area (Å²) in [6, 6.07) is 3.74. The summed E-state index contributed by atoms with van der Waals surface area (Å²) in [5.41, 5.74) is 2.07. The van der Waals surface area contributed by atoms with Gasteiger partial charge in [0.2, 0.25) is 0 Å². The van der Waals surface area contributed by atoms with Crippen LogP contribution in [0.15, 0.2) is 29.1 Å². The number of anilines is 1. The molecule has 5 heteroatoms. The highest BCUT2D eigenvalue weighted by atomic mass is 32.1. The first kappa shape index (κ1) is 12.6. The van der Waals surface area contributed by atoms with Gasteiger partial charge in [0.05, 0.1) is 6.04 Å². The maximum absolute atomic E-state index is 11.2. The molecule has 2 heterocycles. The molecule has 18 heavy (non-hydrogen) atoms. The normalized spacial score (nSPS) is 12.1. The van der Waals surface area contributed by atoms with Gasteiger partial charge in [0.15, 0.2) is 0 Å². The summed E-state index contributed by atoms with van der Waals surface area (Å²) in [5, 5.41) is 16.4. The molecule has 2 N–H and O–H groups in total. The third-order valence-electron chi connectivity index (χ3n) is 2.77. The van der Waals surface area contributed by atoms with Crippen LogP contribution in [0.25, 0.3) is 0 Å². The maximum Gasteiger partial charge on any atom is 0.339 e. The fraction of sp³-hybridized carbons (Fsp3) is 0.231. The van der Waals surface area contributed by atoms with Crippen LogP contribution in [0.5, 0.6) is 0 Å². The third-order valence-corrected chi connectivity index (χ3v) is 3.47. The topological polar surface area (TPSA) is 62.2 Å². The molecule has 0 saturated carbocycles. The molecule has 0 aromatic carbocycles. The number of nitrogens with one attached hydrogen (secondary N) is 1. The van der Waals surface area contributed by atoms with Crippen molar-refractivity contribution in [2.24, 2.45) is 0 Å². The van der Waals surface area contributed by atoms with Crippen molar-refractivity contribution >= 4 is 23.1 Å². The van der Waals surface area contributed by atoms with Crippen molar-refractivity contribution < 1.29 is 9.90 Å². The van der Waals surface area contributed by atoms with E-state index in [1.54, 1.807) is 30.5 Å². The van der Waals surface area contributed by atoms with Crippen molar-refractivity contribution in [1.29, 1.82) is 0 Å². The van der Waals surface area contributed by atoms with Gasteiger partial charge < -0.3 is 10.4 Å². The van der Waals surface area contributed by atoms with Crippen LogP contribution in [0.1, 0.15) is 34.5 Å². The Hall–Kier alpha value is -1.88. The molecule has 0 aliphatic rings. The van der Waals surface area contributed by atoms with Gasteiger partial charge in [-0.05, 0) is 47.9 Å². The van der Waals surface area contributed by atoms with E-state index < -0.39 is 5.97 Å². The Morgan fingerprint density at radius 3 is 2.89 bits per heavy atom. The minimum atomic E-state index is -0.958. The van der Waals surface area contributed by atoms with Gasteiger partial charge in [0.1, 0.15) is 11.4 Å². The molecule has 0 amide bonds. The Balaban J connectivity index is 2.29. The van der Waals surface area contributed by atoms with Gasteiger partial charge in [-0.2, -0.15) is 11.3 Å². The molecule has 1 unspecified atom stereocenters. The Kier molecular flexibility index (Phi) is 3.62. The molecule has 2 rings (SSSR count). The van der Waals surface area contributed by atoms with Crippen LogP contribution in [-0.4, -0.2) is 16.1 Å². The summed E-state index contributed by atoms with van der Waals surface area (Å²) >= 11 is 1.62. The third kappa shape index (κ3) is 2.51. The summed E-state index contributed by atoms with van der Waals surface area (Å²) in [4.78, 5) is 15.4. The fourth-order valence-corrected chi connectivity index (χ4v) is 2.50. The lowest BCUT2D eigenvalue weighted by Gasteiger charge is -2.15. The highest BCUT2D eigenvalue weighted by molar-refractivity contribution is 7.07. The Morgan fingerprint density at radius 1 is 1.50 bits per heavy atom. The van der Waals surface area contributed by atoms with Gasteiger partial charge in [0, 0.05) is 6.20 Å². The van der Waals surface area contributed by atoms with Gasteiger partial charge in [-0.1, -0.05) is 0 Å². The first-order valence-corrected chi connectivity index (χ1v) is 6.51. The zero-order valence-corrected chi connectivity index (χ0v) is 11.0. The number of aromatic carboxylic acids is 1. The number of aryl methyl sites for hydroxylation is 1. The smallest absolute Gasteiger partial charge is 0.339 e. The number of pyridine rings is 1. The number of hydrogen-bond donors (Lipinski definition) is 2. The molecule has 0 aliphatic carbocycles. The van der Waals surface area contributed by atoms with Crippen molar-refractivity contribution in [3.05, 3.63) is 45.8 Å². The van der Waals surface area contributed by atoms with Crippen LogP contribution in [-0.2, 0) is 0 Å². The number of rotatable bonds is 4. The second-order valence-corrected chi connectivity index (χ2v) is 4.86. The molecule has 4 nitrogen and oxygen atoms in total. The first-order chi connectivity index (χ1) is 8.59. The van der Waals surface area contributed by atoms with E-state index >= 15 is 0 Å². The van der Waals surface area contributed by atoms with Crippen molar-refractivity contribution in [2.75, 3.05) is 5.32 Å². The number of carboxylic acids is 1. The molecule has 2 aromatic heterocycles. The largest absolute Gasteiger partial charge is 0.478 e. The minimum Gasteiger partial charge on any atom is -0.478 e. The molecular formula is C13H14N2O2S. The minimum absolute atomic E-state index is 0.0312. The summed E-state index contributed by atoms with van der Waals surface area (Å²) in [6.07, 6.45) is 1.62. The number of aromatic nitrogens is 1. The summed E-state index contributed by atoms with van der Waals surface area (Å²) in [5.74, 6) is -0.540. The van der Waals surface area contributed by atoms with Crippen LogP contribution in [0.3, 0.4) is 0 Å². The highest BCUT2D eigenvalue weighted by Crippen LogP contribution is 2.23. The number of hydrogen-bond acceptors (Lipinski definition) is 4. The monoisotopic (exact) mass is 262 g/mol. The molecule has 0 bridgehead atoms. The average molecular weight is 262 g/mol. The van der Waals surface area contributed by atoms with Crippen LogP contribution in [0.4, 0.5) is 5.82 Å². The number of carbonyl (C=O) groups is 1. The second-order valence-electron chi connectivity index (χ2n) is 4.08. The standard InChI is InChI=1S/C13H14N2O2S/c1-8-3-5-14-12(11(8)13(16)17)15-9(2)10-4-6-18-7-10/h3-7,9H,1-2H3,(H,14,15)(H,16,17). The Morgan fingerprint density at radius 2 is 2.28 bits per heavy atom. The molecule has 94 valence electrons. The van der Waals surface area contributed by atoms with Gasteiger partial charge in [0.25, 0.3) is 0 Å². The van der Waals surface area contributed by atoms with E-state index in [-0.39, 0.29) is 11.6 Å². The summed E-state index contributed by atoms with van der Waals surface area (Å²) in [6.45, 7) is 3.75. The Bertz CT molecular complexity index is 552. The van der Waals surface area contributed by atoms with Crippen molar-refractivity contribution in [1.82, 2.24) is 4.98 Å². The summed E-state index contributed by atoms with van der Waals surface area (Å²) in [7, 11) is 0. The lowest BCUT2D eigenvalue weighted by atomic mass is 10.1. The zero-order chi connectivity index (χ0) is 13.1. The quantitative estimate of drug-likeness (QED) is 0.887. The number of thiophene rings is 1. The molecule has 0 fully saturated rings. The van der Waals surface area contributed by atoms with Crippen LogP contribution >= 0.6 is 11.3 Å². The maximum atomic E-state index is 11.2. The van der Waals surface area contributed by atoms with E-state index in [1.807, 2.05) is 23.8 Å². The molecule has 0 saturated heterocycles. The molecule has 0 aliphatic heterocycles. The van der Waals surface area contributed by atoms with Gasteiger partial charge in [-0.25, -0.2) is 9.78 Å². The second kappa shape index (κ2) is 5.18. The van der Waals surface area contributed by atoms with Crippen LogP contribution in [0.2, 0.25) is 0 Å². The molecule has 1 atom stereocenters. The van der Waals surface area contributed by atoms with Crippen LogP contribution in [0, 0.1) is 6.92 Å². The Labute approximate surface area is 109 Å². The lowest BCUT2D eigenvalue weighted by Crippen LogP contribution is -2.12. The van der Waals surface area contributed by atoms with E-state index in [1.165, 1.54) is 0 Å². The fourth-order valence-electron chi connectivity index (χ4n) is 1.75. The van der Waals surface area contributed by atoms with Gasteiger partial charge in [-0.15, -0.1) is 0 Å². The van der Waals surface area contributed by atoms with E-state index in [9.17, 15) is 9.90 Å². The van der Waals surface area contributed by atoms with E-state index in [0.717, 1.165) is 5.56 Å². The summed E-state index contributed by atoms with van der Waals surface area (Å²) < 4.78 is 0. The zero-order valence-electron chi connectivity index (χ0n) is 10.2. The number of carboxylic acid groups (broad SMARTS) is 1. The van der Waals surface area contributed by atoms with Crippen LogP contribution < -0.4 is 5.32 Å². The van der Waals surface area contributed by atoms with Gasteiger partial charge in [-0.3, -0.25) is 0 Å². The van der Waals surface area contributed by atoms with E-state index in [4.69, 9.17) is 0 Å². The predicted molar refractivity (Wildman–Crippen MR) is 72.3 cm³/mol. The molecule has 0 spiro atoms. The van der Waals surface area contributed by atoms with Gasteiger partial charge >= 0.3 is 5.97 Å². The van der Waals surface area contributed by atoms with E-state index in [0.29, 0.717) is 11.4 Å². The molecule has 0 radical (unpaired) electrons. The first-order valence-electron chi connectivity index (χ1n) is 5.57. The van der Waals surface area contributed by atoms with Crippen molar-refractivity contribution in [3.63, 3.8) is 0 Å². The molecular weight excluding hydrogens is 248 g/mol. The number of nitrogens with zero attached hydrogens (tertiary/aromatic N) is 1. The predicted octanol–water partition coefficient (Wildman–Crippen LogP) is 3.32. The average Bonchev–Trinajstić information content (AvgIpc) is 2.81. The lowest BCUT2D eigenvalue weighted by molar-refractivity contribution is 0.0697. The van der Waals surface area contributed by atoms with Crippen molar-refractivity contribution in [3.8, 4) is 0 Å². The molecule has 2 aromatic rings. The van der Waals surface area contributed by atoms with Crippen molar-refractivity contribution in [2.45, 2.75) is 19.9 Å². The SMILES string of the molecule is Cc1ccnc(NC(C)c2ccsc2)c1C(=O)O.